The van der Waals surface area contributed by atoms with Gasteiger partial charge in [-0.15, -0.1) is 0 Å². The van der Waals surface area contributed by atoms with Gasteiger partial charge < -0.3 is 15.2 Å². The minimum atomic E-state index is 0.268. The van der Waals surface area contributed by atoms with E-state index in [2.05, 4.69) is 26.1 Å². The fourth-order valence-electron chi connectivity index (χ4n) is 2.17. The molecule has 0 spiro atoms. The number of nitrogen functional groups attached to an aromatic ring is 1. The van der Waals surface area contributed by atoms with E-state index in [4.69, 9.17) is 15.2 Å². The van der Waals surface area contributed by atoms with Gasteiger partial charge >= 0.3 is 0 Å². The van der Waals surface area contributed by atoms with Gasteiger partial charge in [-0.2, -0.15) is 5.10 Å². The number of nitrogens with zero attached hydrogens (tertiary/aromatic N) is 1. The van der Waals surface area contributed by atoms with Gasteiger partial charge in [0.25, 0.3) is 0 Å². The number of nitrogens with one attached hydrogen (secondary N) is 1. The number of rotatable bonds is 4. The van der Waals surface area contributed by atoms with Crippen LogP contribution in [-0.2, 0) is 0 Å². The van der Waals surface area contributed by atoms with Crippen molar-refractivity contribution in [2.75, 3.05) is 12.8 Å². The Kier molecular flexibility index (Phi) is 3.56. The van der Waals surface area contributed by atoms with Crippen molar-refractivity contribution < 1.29 is 9.47 Å². The largest absolute Gasteiger partial charge is 0.493 e. The van der Waals surface area contributed by atoms with Crippen molar-refractivity contribution in [1.29, 1.82) is 0 Å². The zero-order chi connectivity index (χ0) is 14.1. The van der Waals surface area contributed by atoms with Crippen molar-refractivity contribution >= 4 is 21.7 Å². The summed E-state index contributed by atoms with van der Waals surface area (Å²) in [5.74, 6) is 1.90. The normalized spacial score (nSPS) is 14.9. The number of benzene rings is 1. The van der Waals surface area contributed by atoms with Crippen molar-refractivity contribution in [1.82, 2.24) is 10.2 Å². The number of methoxy groups -OCH3 is 1. The van der Waals surface area contributed by atoms with E-state index in [-0.39, 0.29) is 6.10 Å². The molecule has 0 atom stereocenters. The average molecular weight is 338 g/mol. The van der Waals surface area contributed by atoms with Crippen molar-refractivity contribution in [2.24, 2.45) is 0 Å². The molecular weight excluding hydrogens is 322 g/mol. The summed E-state index contributed by atoms with van der Waals surface area (Å²) in [6.07, 6.45) is 3.66. The molecule has 1 aromatic carbocycles. The van der Waals surface area contributed by atoms with E-state index in [0.29, 0.717) is 11.6 Å². The lowest BCUT2D eigenvalue weighted by Crippen LogP contribution is -2.25. The molecule has 6 heteroatoms. The molecule has 0 radical (unpaired) electrons. The Bertz CT molecular complexity index is 623. The van der Waals surface area contributed by atoms with Gasteiger partial charge in [-0.1, -0.05) is 15.9 Å². The number of anilines is 1. The van der Waals surface area contributed by atoms with Gasteiger partial charge in [0.05, 0.1) is 18.9 Å². The summed E-state index contributed by atoms with van der Waals surface area (Å²) < 4.78 is 12.4. The van der Waals surface area contributed by atoms with Gasteiger partial charge in [0.15, 0.2) is 11.5 Å². The van der Waals surface area contributed by atoms with Crippen molar-refractivity contribution in [2.45, 2.75) is 25.4 Å². The molecule has 1 aliphatic carbocycles. The minimum absolute atomic E-state index is 0.268. The standard InChI is InChI=1S/C14H16BrN3O2/c1-19-12-6-8(15)5-10(11-7-13(16)18-17-11)14(12)20-9-3-2-4-9/h5-7,9H,2-4H2,1H3,(H3,16,17,18). The first-order chi connectivity index (χ1) is 9.67. The molecule has 0 aliphatic heterocycles. The van der Waals surface area contributed by atoms with Gasteiger partial charge in [-0.05, 0) is 31.4 Å². The third kappa shape index (κ3) is 2.47. The van der Waals surface area contributed by atoms with Crippen molar-refractivity contribution in [3.05, 3.63) is 22.7 Å². The quantitative estimate of drug-likeness (QED) is 0.897. The Morgan fingerprint density at radius 3 is 2.70 bits per heavy atom. The summed E-state index contributed by atoms with van der Waals surface area (Å²) in [5, 5.41) is 6.89. The Morgan fingerprint density at radius 2 is 2.15 bits per heavy atom. The Labute approximate surface area is 125 Å². The topological polar surface area (TPSA) is 73.2 Å². The van der Waals surface area contributed by atoms with E-state index < -0.39 is 0 Å². The maximum Gasteiger partial charge on any atom is 0.171 e. The predicted molar refractivity (Wildman–Crippen MR) is 81.0 cm³/mol. The summed E-state index contributed by atoms with van der Waals surface area (Å²) in [5.41, 5.74) is 7.40. The maximum atomic E-state index is 6.09. The highest BCUT2D eigenvalue weighted by Gasteiger charge is 2.24. The van der Waals surface area contributed by atoms with Gasteiger partial charge in [-0.3, -0.25) is 5.10 Å². The lowest BCUT2D eigenvalue weighted by Gasteiger charge is -2.28. The smallest absolute Gasteiger partial charge is 0.171 e. The molecule has 3 N–H and O–H groups in total. The van der Waals surface area contributed by atoms with E-state index >= 15 is 0 Å². The zero-order valence-electron chi connectivity index (χ0n) is 11.1. The number of nitrogens with two attached hydrogens (primary N) is 1. The van der Waals surface area contributed by atoms with E-state index in [9.17, 15) is 0 Å². The Balaban J connectivity index is 2.07. The van der Waals surface area contributed by atoms with Crippen LogP contribution in [0.5, 0.6) is 11.5 Å². The number of aromatic nitrogens is 2. The highest BCUT2D eigenvalue weighted by molar-refractivity contribution is 9.10. The molecule has 0 saturated heterocycles. The van der Waals surface area contributed by atoms with Crippen LogP contribution in [0, 0.1) is 0 Å². The molecule has 0 amide bonds. The second kappa shape index (κ2) is 5.36. The lowest BCUT2D eigenvalue weighted by molar-refractivity contribution is 0.116. The predicted octanol–water partition coefficient (Wildman–Crippen LogP) is 3.36. The number of hydrogen-bond donors (Lipinski definition) is 2. The molecule has 1 heterocycles. The summed E-state index contributed by atoms with van der Waals surface area (Å²) in [4.78, 5) is 0. The van der Waals surface area contributed by atoms with Gasteiger partial charge in [0.1, 0.15) is 5.82 Å². The zero-order valence-corrected chi connectivity index (χ0v) is 12.7. The number of aromatic amines is 1. The molecule has 1 aromatic heterocycles. The summed E-state index contributed by atoms with van der Waals surface area (Å²) in [6, 6.07) is 5.66. The van der Waals surface area contributed by atoms with Crippen molar-refractivity contribution in [3.63, 3.8) is 0 Å². The monoisotopic (exact) mass is 337 g/mol. The number of halogens is 1. The lowest BCUT2D eigenvalue weighted by atomic mass is 9.96. The average Bonchev–Trinajstić information content (AvgIpc) is 2.80. The van der Waals surface area contributed by atoms with Gasteiger partial charge in [-0.25, -0.2) is 0 Å². The second-order valence-electron chi connectivity index (χ2n) is 4.86. The van der Waals surface area contributed by atoms with Crippen LogP contribution >= 0.6 is 15.9 Å². The second-order valence-corrected chi connectivity index (χ2v) is 5.78. The van der Waals surface area contributed by atoms with Crippen LogP contribution < -0.4 is 15.2 Å². The van der Waals surface area contributed by atoms with Crippen LogP contribution in [-0.4, -0.2) is 23.4 Å². The Hall–Kier alpha value is -1.69. The number of H-pyrrole nitrogens is 1. The molecule has 3 rings (SSSR count). The third-order valence-electron chi connectivity index (χ3n) is 3.46. The number of hydrogen-bond acceptors (Lipinski definition) is 4. The van der Waals surface area contributed by atoms with Gasteiger partial charge in [0, 0.05) is 16.1 Å². The van der Waals surface area contributed by atoms with Gasteiger partial charge in [0.2, 0.25) is 0 Å². The minimum Gasteiger partial charge on any atom is -0.493 e. The molecule has 106 valence electrons. The SMILES string of the molecule is COc1cc(Br)cc(-c2cc(N)n[nH]2)c1OC1CCC1. The van der Waals surface area contributed by atoms with E-state index in [1.54, 1.807) is 13.2 Å². The molecule has 1 aliphatic rings. The fraction of sp³-hybridized carbons (Fsp3) is 0.357. The molecule has 20 heavy (non-hydrogen) atoms. The summed E-state index contributed by atoms with van der Waals surface area (Å²) in [6.45, 7) is 0. The highest BCUT2D eigenvalue weighted by atomic mass is 79.9. The van der Waals surface area contributed by atoms with Crippen molar-refractivity contribution in [3.8, 4) is 22.8 Å². The van der Waals surface area contributed by atoms with Crippen LogP contribution in [0.25, 0.3) is 11.3 Å². The summed E-state index contributed by atoms with van der Waals surface area (Å²) >= 11 is 3.49. The molecule has 1 fully saturated rings. The van der Waals surface area contributed by atoms with Crippen LogP contribution in [0.1, 0.15) is 19.3 Å². The maximum absolute atomic E-state index is 6.09. The first-order valence-electron chi connectivity index (χ1n) is 6.53. The third-order valence-corrected chi connectivity index (χ3v) is 3.92. The van der Waals surface area contributed by atoms with E-state index in [1.807, 2.05) is 12.1 Å². The summed E-state index contributed by atoms with van der Waals surface area (Å²) in [7, 11) is 1.64. The van der Waals surface area contributed by atoms with Crippen LogP contribution in [0.4, 0.5) is 5.82 Å². The number of ether oxygens (including phenoxy) is 2. The molecule has 0 unspecified atom stereocenters. The molecular formula is C14H16BrN3O2. The fourth-order valence-corrected chi connectivity index (χ4v) is 2.61. The van der Waals surface area contributed by atoms with Crippen LogP contribution in [0.2, 0.25) is 0 Å². The molecule has 1 saturated carbocycles. The highest BCUT2D eigenvalue weighted by Crippen LogP contribution is 2.42. The van der Waals surface area contributed by atoms with E-state index in [1.165, 1.54) is 6.42 Å². The van der Waals surface area contributed by atoms with Crippen LogP contribution in [0.3, 0.4) is 0 Å². The first-order valence-corrected chi connectivity index (χ1v) is 7.32. The molecule has 5 nitrogen and oxygen atoms in total. The van der Waals surface area contributed by atoms with E-state index in [0.717, 1.165) is 34.3 Å². The molecule has 2 aromatic rings. The first kappa shape index (κ1) is 13.3. The van der Waals surface area contributed by atoms with Crippen LogP contribution in [0.15, 0.2) is 22.7 Å². The molecule has 0 bridgehead atoms. The Morgan fingerprint density at radius 1 is 1.35 bits per heavy atom.